The Labute approximate surface area is 43.7 Å². The van der Waals surface area contributed by atoms with Gasteiger partial charge in [-0.2, -0.15) is 5.11 Å². The Kier molecular flexibility index (Phi) is 1.69. The third kappa shape index (κ3) is 2.09. The zero-order valence-corrected chi connectivity index (χ0v) is 4.73. The van der Waals surface area contributed by atoms with E-state index < -0.39 is 0 Å². The summed E-state index contributed by atoms with van der Waals surface area (Å²) in [6.07, 6.45) is 1.64. The summed E-state index contributed by atoms with van der Waals surface area (Å²) >= 11 is 0. The predicted octanol–water partition coefficient (Wildman–Crippen LogP) is 1.98. The Morgan fingerprint density at radius 2 is 2.14 bits per heavy atom. The second-order valence-corrected chi connectivity index (χ2v) is 1.97. The molecule has 0 atom stereocenters. The van der Waals surface area contributed by atoms with E-state index in [9.17, 15) is 0 Å². The first-order valence-corrected chi connectivity index (χ1v) is 2.14. The van der Waals surface area contributed by atoms with Crippen LogP contribution in [0.25, 0.3) is 0 Å². The quantitative estimate of drug-likeness (QED) is 0.405. The summed E-state index contributed by atoms with van der Waals surface area (Å²) < 4.78 is 0. The molecule has 2 heteroatoms. The Balaban J connectivity index is 3.82. The van der Waals surface area contributed by atoms with Crippen molar-refractivity contribution in [1.29, 1.82) is 5.53 Å². The molecule has 0 aliphatic rings. The van der Waals surface area contributed by atoms with Crippen molar-refractivity contribution in [3.8, 4) is 0 Å². The molecular formula is C5H10N2. The zero-order valence-electron chi connectivity index (χ0n) is 4.73. The molecule has 0 aliphatic carbocycles. The van der Waals surface area contributed by atoms with Gasteiger partial charge in [-0.25, -0.2) is 5.53 Å². The summed E-state index contributed by atoms with van der Waals surface area (Å²) in [5.74, 6) is 0. The minimum atomic E-state index is -0.361. The maximum atomic E-state index is 6.56. The number of nitrogens with zero attached hydrogens (tertiary/aromatic N) is 1. The Hall–Kier alpha value is -0.660. The first-order chi connectivity index (χ1) is 3.12. The Morgan fingerprint density at radius 1 is 1.71 bits per heavy atom. The summed E-state index contributed by atoms with van der Waals surface area (Å²) in [7, 11) is 0. The van der Waals surface area contributed by atoms with E-state index in [0.717, 1.165) is 0 Å². The maximum absolute atomic E-state index is 6.56. The largest absolute Gasteiger partial charge is 0.209 e. The second-order valence-electron chi connectivity index (χ2n) is 1.97. The van der Waals surface area contributed by atoms with Crippen LogP contribution in [0.2, 0.25) is 0 Å². The summed E-state index contributed by atoms with van der Waals surface area (Å²) in [6, 6.07) is 0. The molecule has 0 aromatic carbocycles. The van der Waals surface area contributed by atoms with Crippen molar-refractivity contribution in [3.05, 3.63) is 12.7 Å². The van der Waals surface area contributed by atoms with Gasteiger partial charge in [0.05, 0.1) is 5.54 Å². The minimum Gasteiger partial charge on any atom is -0.209 e. The number of hydrogen-bond donors (Lipinski definition) is 1. The first-order valence-electron chi connectivity index (χ1n) is 2.14. The second kappa shape index (κ2) is 1.87. The lowest BCUT2D eigenvalue weighted by molar-refractivity contribution is 0.601. The topological polar surface area (TPSA) is 36.2 Å². The smallest absolute Gasteiger partial charge is 0.0934 e. The van der Waals surface area contributed by atoms with Crippen LogP contribution in [0.4, 0.5) is 0 Å². The van der Waals surface area contributed by atoms with E-state index in [1.807, 2.05) is 13.8 Å². The van der Waals surface area contributed by atoms with Crippen LogP contribution in [0.3, 0.4) is 0 Å². The zero-order chi connectivity index (χ0) is 5.91. The van der Waals surface area contributed by atoms with Crippen LogP contribution in [-0.2, 0) is 0 Å². The van der Waals surface area contributed by atoms with Gasteiger partial charge in [0.15, 0.2) is 0 Å². The normalized spacial score (nSPS) is 10.6. The fourth-order valence-corrected chi connectivity index (χ4v) is 0.0456. The van der Waals surface area contributed by atoms with Gasteiger partial charge in [0.1, 0.15) is 0 Å². The van der Waals surface area contributed by atoms with Crippen LogP contribution >= 0.6 is 0 Å². The molecular weight excluding hydrogens is 88.1 g/mol. The SMILES string of the molecule is C=CC(C)(C)N=N. The van der Waals surface area contributed by atoms with E-state index in [0.29, 0.717) is 0 Å². The fraction of sp³-hybridized carbons (Fsp3) is 0.600. The molecule has 0 amide bonds. The summed E-state index contributed by atoms with van der Waals surface area (Å²) in [4.78, 5) is 0. The average molecular weight is 98.1 g/mol. The molecule has 1 N–H and O–H groups in total. The van der Waals surface area contributed by atoms with Gasteiger partial charge in [0, 0.05) is 0 Å². The number of rotatable bonds is 2. The average Bonchev–Trinajstić information content (AvgIpc) is 1.68. The molecule has 7 heavy (non-hydrogen) atoms. The number of hydrogen-bond acceptors (Lipinski definition) is 2. The van der Waals surface area contributed by atoms with E-state index in [-0.39, 0.29) is 5.54 Å². The highest BCUT2D eigenvalue weighted by Crippen LogP contribution is 2.06. The third-order valence-electron chi connectivity index (χ3n) is 0.788. The highest BCUT2D eigenvalue weighted by molar-refractivity contribution is 4.93. The molecule has 0 heterocycles. The molecule has 0 aromatic heterocycles. The molecule has 2 nitrogen and oxygen atoms in total. The lowest BCUT2D eigenvalue weighted by Gasteiger charge is -2.07. The van der Waals surface area contributed by atoms with E-state index in [2.05, 4.69) is 11.7 Å². The molecule has 0 rings (SSSR count). The Bertz CT molecular complexity index is 74.1. The summed E-state index contributed by atoms with van der Waals surface area (Å²) in [6.45, 7) is 7.14. The van der Waals surface area contributed by atoms with Crippen LogP contribution in [0.5, 0.6) is 0 Å². The van der Waals surface area contributed by atoms with Crippen molar-refractivity contribution in [2.75, 3.05) is 0 Å². The third-order valence-corrected chi connectivity index (χ3v) is 0.788. The first kappa shape index (κ1) is 6.34. The fourth-order valence-electron chi connectivity index (χ4n) is 0.0456. The molecule has 0 saturated heterocycles. The summed E-state index contributed by atoms with van der Waals surface area (Å²) in [5.41, 5.74) is 6.20. The molecule has 0 aromatic rings. The van der Waals surface area contributed by atoms with Gasteiger partial charge in [0.2, 0.25) is 0 Å². The number of nitrogens with one attached hydrogen (secondary N) is 1. The standard InChI is InChI=1S/C5H10N2/c1-4-5(2,3)7-6/h4,6H,1H2,2-3H3. The van der Waals surface area contributed by atoms with E-state index >= 15 is 0 Å². The van der Waals surface area contributed by atoms with Gasteiger partial charge in [-0.05, 0) is 13.8 Å². The molecule has 0 saturated carbocycles. The van der Waals surface area contributed by atoms with Crippen LogP contribution in [0.1, 0.15) is 13.8 Å². The lowest BCUT2D eigenvalue weighted by atomic mass is 10.1. The van der Waals surface area contributed by atoms with Crippen LogP contribution in [0.15, 0.2) is 17.8 Å². The molecule has 0 spiro atoms. The maximum Gasteiger partial charge on any atom is 0.0934 e. The lowest BCUT2D eigenvalue weighted by Crippen LogP contribution is -2.09. The van der Waals surface area contributed by atoms with Gasteiger partial charge in [-0.1, -0.05) is 6.08 Å². The minimum absolute atomic E-state index is 0.361. The van der Waals surface area contributed by atoms with Crippen molar-refractivity contribution >= 4 is 0 Å². The molecule has 0 aliphatic heterocycles. The predicted molar refractivity (Wildman–Crippen MR) is 29.4 cm³/mol. The molecule has 0 radical (unpaired) electrons. The van der Waals surface area contributed by atoms with Crippen LogP contribution in [-0.4, -0.2) is 5.54 Å². The van der Waals surface area contributed by atoms with Gasteiger partial charge < -0.3 is 0 Å². The van der Waals surface area contributed by atoms with Crippen molar-refractivity contribution in [1.82, 2.24) is 0 Å². The molecule has 40 valence electrons. The van der Waals surface area contributed by atoms with Crippen molar-refractivity contribution in [3.63, 3.8) is 0 Å². The van der Waals surface area contributed by atoms with E-state index in [1.165, 1.54) is 0 Å². The van der Waals surface area contributed by atoms with Gasteiger partial charge in [0.25, 0.3) is 0 Å². The van der Waals surface area contributed by atoms with Gasteiger partial charge in [-0.3, -0.25) is 0 Å². The monoisotopic (exact) mass is 98.1 g/mol. The van der Waals surface area contributed by atoms with Crippen molar-refractivity contribution in [2.45, 2.75) is 19.4 Å². The van der Waals surface area contributed by atoms with Gasteiger partial charge >= 0.3 is 0 Å². The Morgan fingerprint density at radius 3 is 2.14 bits per heavy atom. The molecule has 0 bridgehead atoms. The van der Waals surface area contributed by atoms with Crippen LogP contribution in [0, 0.1) is 5.53 Å². The molecule has 0 unspecified atom stereocenters. The highest BCUT2D eigenvalue weighted by atomic mass is 15.0. The van der Waals surface area contributed by atoms with Gasteiger partial charge in [-0.15, -0.1) is 6.58 Å². The summed E-state index contributed by atoms with van der Waals surface area (Å²) in [5, 5.41) is 3.27. The van der Waals surface area contributed by atoms with E-state index in [4.69, 9.17) is 5.53 Å². The molecule has 0 fully saturated rings. The van der Waals surface area contributed by atoms with Crippen molar-refractivity contribution in [2.24, 2.45) is 5.11 Å². The highest BCUT2D eigenvalue weighted by Gasteiger charge is 2.07. The van der Waals surface area contributed by atoms with E-state index in [1.54, 1.807) is 6.08 Å². The van der Waals surface area contributed by atoms with Crippen LogP contribution < -0.4 is 0 Å². The van der Waals surface area contributed by atoms with Crippen molar-refractivity contribution < 1.29 is 0 Å².